The van der Waals surface area contributed by atoms with Crippen molar-refractivity contribution in [3.8, 4) is 5.75 Å². The number of ketones is 1. The van der Waals surface area contributed by atoms with Crippen LogP contribution in [0, 0.1) is 0 Å². The molecule has 0 aliphatic rings. The minimum Gasteiger partial charge on any atom is -0.497 e. The summed E-state index contributed by atoms with van der Waals surface area (Å²) in [7, 11) is 1.58. The molecule has 0 aromatic heterocycles. The van der Waals surface area contributed by atoms with Crippen LogP contribution in [-0.4, -0.2) is 43.5 Å². The zero-order chi connectivity index (χ0) is 21.5. The lowest BCUT2D eigenvalue weighted by atomic mass is 10.1. The van der Waals surface area contributed by atoms with Crippen LogP contribution in [-0.2, 0) is 14.4 Å². The number of amides is 2. The third-order valence-corrected chi connectivity index (χ3v) is 3.37. The van der Waals surface area contributed by atoms with Crippen LogP contribution in [0.15, 0.2) is 36.4 Å². The second kappa shape index (κ2) is 14.3. The van der Waals surface area contributed by atoms with E-state index >= 15 is 0 Å². The fraction of sp³-hybridized carbons (Fsp3) is 0.450. The van der Waals surface area contributed by atoms with Crippen molar-refractivity contribution in [1.82, 2.24) is 5.32 Å². The highest BCUT2D eigenvalue weighted by molar-refractivity contribution is 5.99. The van der Waals surface area contributed by atoms with E-state index in [1.807, 2.05) is 6.92 Å². The van der Waals surface area contributed by atoms with Gasteiger partial charge in [0.05, 0.1) is 13.2 Å². The third kappa shape index (κ3) is 11.8. The maximum absolute atomic E-state index is 11.9. The lowest BCUT2D eigenvalue weighted by Gasteiger charge is -2.15. The first-order chi connectivity index (χ1) is 13.2. The highest BCUT2D eigenvalue weighted by Crippen LogP contribution is 2.14. The average molecular weight is 395 g/mol. The molecule has 4 N–H and O–H groups in total. The molecule has 0 heterocycles. The molecule has 0 aliphatic carbocycles. The van der Waals surface area contributed by atoms with Gasteiger partial charge in [-0.25, -0.2) is 4.39 Å². The van der Waals surface area contributed by atoms with Crippen LogP contribution in [0.4, 0.5) is 10.1 Å². The van der Waals surface area contributed by atoms with Crippen LogP contribution >= 0.6 is 0 Å². The molecule has 0 spiro atoms. The molecule has 0 unspecified atom stereocenters. The van der Waals surface area contributed by atoms with Crippen LogP contribution in [0.25, 0.3) is 0 Å². The highest BCUT2D eigenvalue weighted by Gasteiger charge is 2.12. The molecule has 0 fully saturated rings. The Bertz CT molecular complexity index is 645. The standard InChI is InChI=1S/C17H25N3O3.C3H5FO/c1-4-5-13(20-17(22)12(2)18)8-11-16(21)19-14-6-9-15(23-3)10-7-14;1-3(5)2-4/h6-13H,4-5,18H2,1-3H3,(H,19,21)(H,20,22);2H2,1H3/b11-8+;/t12-,13-;/m0./s1. The summed E-state index contributed by atoms with van der Waals surface area (Å²) < 4.78 is 15.8. The number of methoxy groups -OCH3 is 1. The number of alkyl halides is 1. The topological polar surface area (TPSA) is 111 Å². The number of carbonyl (C=O) groups excluding carboxylic acids is 3. The molecule has 156 valence electrons. The predicted octanol–water partition coefficient (Wildman–Crippen LogP) is 2.37. The van der Waals surface area contributed by atoms with Crippen LogP contribution in [0.5, 0.6) is 5.75 Å². The summed E-state index contributed by atoms with van der Waals surface area (Å²) in [6.45, 7) is 4.01. The number of benzene rings is 1. The molecule has 1 rings (SSSR count). The number of hydrogen-bond acceptors (Lipinski definition) is 5. The Morgan fingerprint density at radius 3 is 2.25 bits per heavy atom. The molecule has 28 heavy (non-hydrogen) atoms. The largest absolute Gasteiger partial charge is 0.497 e. The average Bonchev–Trinajstić information content (AvgIpc) is 2.67. The van der Waals surface area contributed by atoms with Gasteiger partial charge in [-0.05, 0) is 44.5 Å². The molecule has 0 radical (unpaired) electrons. The van der Waals surface area contributed by atoms with E-state index in [-0.39, 0.29) is 17.9 Å². The molecular weight excluding hydrogens is 365 g/mol. The molecule has 0 saturated heterocycles. The summed E-state index contributed by atoms with van der Waals surface area (Å²) in [5, 5.41) is 5.55. The molecule has 8 heteroatoms. The van der Waals surface area contributed by atoms with Crippen molar-refractivity contribution in [2.45, 2.75) is 45.7 Å². The van der Waals surface area contributed by atoms with Gasteiger partial charge >= 0.3 is 0 Å². The number of rotatable bonds is 9. The number of nitrogens with two attached hydrogens (primary N) is 1. The Balaban J connectivity index is 0.00000129. The summed E-state index contributed by atoms with van der Waals surface area (Å²) >= 11 is 0. The van der Waals surface area contributed by atoms with Gasteiger partial charge in [-0.2, -0.15) is 0 Å². The number of carbonyl (C=O) groups is 3. The summed E-state index contributed by atoms with van der Waals surface area (Å²) in [5.74, 6) is -0.180. The van der Waals surface area contributed by atoms with Crippen molar-refractivity contribution < 1.29 is 23.5 Å². The lowest BCUT2D eigenvalue weighted by molar-refractivity contribution is -0.122. The Kier molecular flexibility index (Phi) is 12.9. The zero-order valence-corrected chi connectivity index (χ0v) is 16.8. The van der Waals surface area contributed by atoms with Gasteiger partial charge in [0.15, 0.2) is 5.78 Å². The van der Waals surface area contributed by atoms with Gasteiger partial charge in [0.2, 0.25) is 11.8 Å². The van der Waals surface area contributed by atoms with E-state index in [9.17, 15) is 18.8 Å². The molecule has 1 aromatic carbocycles. The number of halogens is 1. The molecule has 2 atom stereocenters. The molecule has 0 bridgehead atoms. The van der Waals surface area contributed by atoms with Crippen molar-refractivity contribution in [3.05, 3.63) is 36.4 Å². The monoisotopic (exact) mass is 395 g/mol. The Hall–Kier alpha value is -2.74. The third-order valence-electron chi connectivity index (χ3n) is 3.37. The minimum atomic E-state index is -0.833. The zero-order valence-electron chi connectivity index (χ0n) is 16.8. The summed E-state index contributed by atoms with van der Waals surface area (Å²) in [6.07, 6.45) is 4.73. The number of anilines is 1. The van der Waals surface area contributed by atoms with Gasteiger partial charge in [0, 0.05) is 17.8 Å². The Labute approximate surface area is 165 Å². The maximum atomic E-state index is 11.9. The van der Waals surface area contributed by atoms with Gasteiger partial charge in [-0.15, -0.1) is 0 Å². The lowest BCUT2D eigenvalue weighted by Crippen LogP contribution is -2.43. The minimum absolute atomic E-state index is 0.208. The molecule has 2 amide bonds. The van der Waals surface area contributed by atoms with E-state index < -0.39 is 18.5 Å². The molecule has 1 aromatic rings. The van der Waals surface area contributed by atoms with Crippen molar-refractivity contribution >= 4 is 23.3 Å². The van der Waals surface area contributed by atoms with E-state index in [4.69, 9.17) is 10.5 Å². The van der Waals surface area contributed by atoms with Crippen molar-refractivity contribution in [1.29, 1.82) is 0 Å². The summed E-state index contributed by atoms with van der Waals surface area (Å²) in [5.41, 5.74) is 6.21. The summed E-state index contributed by atoms with van der Waals surface area (Å²) in [4.78, 5) is 33.0. The van der Waals surface area contributed by atoms with E-state index in [0.717, 1.165) is 18.6 Å². The fourth-order valence-corrected chi connectivity index (χ4v) is 1.90. The first-order valence-corrected chi connectivity index (χ1v) is 8.98. The SMILES string of the molecule is CC(=O)CF.CCC[C@@H](/C=C/C(=O)Nc1ccc(OC)cc1)NC(=O)[C@H](C)N. The smallest absolute Gasteiger partial charge is 0.248 e. The second-order valence-electron chi connectivity index (χ2n) is 6.10. The van der Waals surface area contributed by atoms with E-state index in [1.165, 1.54) is 13.0 Å². The van der Waals surface area contributed by atoms with Crippen LogP contribution < -0.4 is 21.1 Å². The van der Waals surface area contributed by atoms with Gasteiger partial charge in [-0.1, -0.05) is 19.4 Å². The maximum Gasteiger partial charge on any atom is 0.248 e. The van der Waals surface area contributed by atoms with Crippen molar-refractivity contribution in [2.24, 2.45) is 5.73 Å². The Morgan fingerprint density at radius 1 is 1.25 bits per heavy atom. The van der Waals surface area contributed by atoms with E-state index in [1.54, 1.807) is 44.4 Å². The first-order valence-electron chi connectivity index (χ1n) is 8.98. The molecular formula is C20H30FN3O4. The molecule has 0 saturated carbocycles. The number of Topliss-reactive ketones (excluding diaryl/α,β-unsaturated/α-hetero) is 1. The molecule has 0 aliphatic heterocycles. The van der Waals surface area contributed by atoms with Gasteiger partial charge in [-0.3, -0.25) is 14.4 Å². The summed E-state index contributed by atoms with van der Waals surface area (Å²) in [6, 6.07) is 6.26. The first kappa shape index (κ1) is 25.3. The molecule has 7 nitrogen and oxygen atoms in total. The van der Waals surface area contributed by atoms with Crippen molar-refractivity contribution in [3.63, 3.8) is 0 Å². The van der Waals surface area contributed by atoms with Gasteiger partial charge in [0.1, 0.15) is 12.4 Å². The van der Waals surface area contributed by atoms with Gasteiger partial charge in [0.25, 0.3) is 0 Å². The van der Waals surface area contributed by atoms with Crippen LogP contribution in [0.3, 0.4) is 0 Å². The number of ether oxygens (including phenoxy) is 1. The predicted molar refractivity (Wildman–Crippen MR) is 108 cm³/mol. The van der Waals surface area contributed by atoms with Crippen molar-refractivity contribution in [2.75, 3.05) is 19.1 Å². The normalized spacial score (nSPS) is 12.4. The van der Waals surface area contributed by atoms with E-state index in [2.05, 4.69) is 10.6 Å². The second-order valence-corrected chi connectivity index (χ2v) is 6.10. The quantitative estimate of drug-likeness (QED) is 0.556. The highest BCUT2D eigenvalue weighted by atomic mass is 19.1. The number of nitrogens with one attached hydrogen (secondary N) is 2. The van der Waals surface area contributed by atoms with Crippen LogP contribution in [0.1, 0.15) is 33.6 Å². The Morgan fingerprint density at radius 2 is 1.82 bits per heavy atom. The fourth-order valence-electron chi connectivity index (χ4n) is 1.90. The number of hydrogen-bond donors (Lipinski definition) is 3. The van der Waals surface area contributed by atoms with Crippen LogP contribution in [0.2, 0.25) is 0 Å². The van der Waals surface area contributed by atoms with E-state index in [0.29, 0.717) is 5.69 Å². The van der Waals surface area contributed by atoms with Gasteiger partial charge < -0.3 is 21.1 Å².